The number of carboxylic acid groups (broad SMARTS) is 1. The van der Waals surface area contributed by atoms with Gasteiger partial charge in [0.05, 0.1) is 18.8 Å². The second-order valence-electron chi connectivity index (χ2n) is 9.32. The summed E-state index contributed by atoms with van der Waals surface area (Å²) in [5.41, 5.74) is 5.17. The van der Waals surface area contributed by atoms with E-state index in [1.807, 2.05) is 0 Å². The van der Waals surface area contributed by atoms with Gasteiger partial charge in [-0.2, -0.15) is 0 Å². The lowest BCUT2D eigenvalue weighted by atomic mass is 9.79. The summed E-state index contributed by atoms with van der Waals surface area (Å²) in [6.45, 7) is 22.2. The first kappa shape index (κ1) is 25.6. The third-order valence-electron chi connectivity index (χ3n) is 3.73. The van der Waals surface area contributed by atoms with Gasteiger partial charge in [0.15, 0.2) is 0 Å². The van der Waals surface area contributed by atoms with Gasteiger partial charge in [0, 0.05) is 0 Å². The first-order valence-electron chi connectivity index (χ1n) is 8.80. The number of carboxylic acids is 1. The van der Waals surface area contributed by atoms with Gasteiger partial charge < -0.3 is 20.7 Å². The van der Waals surface area contributed by atoms with E-state index in [2.05, 4.69) is 69.2 Å². The number of rotatable bonds is 6. The highest BCUT2D eigenvalue weighted by Gasteiger charge is 2.36. The molecule has 3 atom stereocenters. The molecule has 0 fully saturated rings. The molecule has 0 aromatic carbocycles. The standard InChI is InChI=1S/C16H34O.C3H7NO3/c1-11(2)13(15(5,6)7)17-14(12(3)4)16(8,9)10;4-2(1-5)3(6)7/h11-14H,1-10H3;2,5H,1,4H2,(H,6,7)/t;2-/m.0/s1. The van der Waals surface area contributed by atoms with Crippen molar-refractivity contribution in [3.63, 3.8) is 0 Å². The number of nitrogens with two attached hydrogens (primary N) is 1. The van der Waals surface area contributed by atoms with E-state index in [1.54, 1.807) is 0 Å². The molecule has 0 saturated heterocycles. The fourth-order valence-electron chi connectivity index (χ4n) is 2.96. The second-order valence-corrected chi connectivity index (χ2v) is 9.32. The highest BCUT2D eigenvalue weighted by atomic mass is 16.5. The summed E-state index contributed by atoms with van der Waals surface area (Å²) in [4.78, 5) is 9.65. The maximum atomic E-state index is 9.65. The highest BCUT2D eigenvalue weighted by Crippen LogP contribution is 2.35. The SMILES string of the molecule is CC(C)C(OC(C(C)C)C(C)(C)C)C(C)(C)C.N[C@@H](CO)C(=O)O. The lowest BCUT2D eigenvalue weighted by Gasteiger charge is -2.42. The number of aliphatic carboxylic acids is 1. The van der Waals surface area contributed by atoms with Crippen LogP contribution in [0.5, 0.6) is 0 Å². The predicted molar refractivity (Wildman–Crippen MR) is 99.9 cm³/mol. The first-order valence-corrected chi connectivity index (χ1v) is 8.80. The molecule has 0 aliphatic rings. The number of ether oxygens (including phenoxy) is 1. The van der Waals surface area contributed by atoms with Crippen LogP contribution < -0.4 is 5.73 Å². The minimum Gasteiger partial charge on any atom is -0.480 e. The monoisotopic (exact) mass is 347 g/mol. The van der Waals surface area contributed by atoms with Crippen LogP contribution in [-0.2, 0) is 9.53 Å². The lowest BCUT2D eigenvalue weighted by molar-refractivity contribution is -0.141. The number of hydrogen-bond donors (Lipinski definition) is 3. The summed E-state index contributed by atoms with van der Waals surface area (Å²) in [6, 6.07) is -1.13. The van der Waals surface area contributed by atoms with Crippen LogP contribution in [0.2, 0.25) is 0 Å². The Bertz CT molecular complexity index is 329. The van der Waals surface area contributed by atoms with Gasteiger partial charge in [0.1, 0.15) is 6.04 Å². The normalized spacial score (nSPS) is 16.4. The zero-order valence-electron chi connectivity index (χ0n) is 17.4. The quantitative estimate of drug-likeness (QED) is 0.683. The number of aliphatic hydroxyl groups is 1. The van der Waals surface area contributed by atoms with Crippen LogP contribution >= 0.6 is 0 Å². The summed E-state index contributed by atoms with van der Waals surface area (Å²) < 4.78 is 6.50. The molecule has 0 rings (SSSR count). The molecule has 0 aromatic heterocycles. The largest absolute Gasteiger partial charge is 0.480 e. The van der Waals surface area contributed by atoms with E-state index < -0.39 is 18.6 Å². The first-order chi connectivity index (χ1) is 10.6. The Hall–Kier alpha value is -0.650. The zero-order chi connectivity index (χ0) is 19.9. The zero-order valence-corrected chi connectivity index (χ0v) is 17.4. The van der Waals surface area contributed by atoms with Crippen molar-refractivity contribution >= 4 is 5.97 Å². The highest BCUT2D eigenvalue weighted by molar-refractivity contribution is 5.73. The molecule has 0 aliphatic carbocycles. The molecule has 0 aliphatic heterocycles. The molecule has 0 heterocycles. The van der Waals surface area contributed by atoms with E-state index in [0.29, 0.717) is 24.0 Å². The molecule has 0 spiro atoms. The van der Waals surface area contributed by atoms with Gasteiger partial charge in [0.2, 0.25) is 0 Å². The molecular weight excluding hydrogens is 306 g/mol. The van der Waals surface area contributed by atoms with Gasteiger partial charge in [-0.25, -0.2) is 0 Å². The van der Waals surface area contributed by atoms with Crippen molar-refractivity contribution in [2.75, 3.05) is 6.61 Å². The number of carbonyl (C=O) groups is 1. The van der Waals surface area contributed by atoms with Crippen molar-refractivity contribution in [3.05, 3.63) is 0 Å². The summed E-state index contributed by atoms with van der Waals surface area (Å²) in [7, 11) is 0. The summed E-state index contributed by atoms with van der Waals surface area (Å²) in [5, 5.41) is 15.9. The van der Waals surface area contributed by atoms with E-state index in [1.165, 1.54) is 0 Å². The molecule has 5 heteroatoms. The van der Waals surface area contributed by atoms with Gasteiger partial charge in [-0.05, 0) is 22.7 Å². The Morgan fingerprint density at radius 2 is 1.21 bits per heavy atom. The molecule has 5 nitrogen and oxygen atoms in total. The van der Waals surface area contributed by atoms with Crippen molar-refractivity contribution < 1.29 is 19.7 Å². The maximum Gasteiger partial charge on any atom is 0.322 e. The summed E-state index contributed by atoms with van der Waals surface area (Å²) >= 11 is 0. The van der Waals surface area contributed by atoms with Gasteiger partial charge >= 0.3 is 5.97 Å². The minimum absolute atomic E-state index is 0.201. The predicted octanol–water partition coefficient (Wildman–Crippen LogP) is 3.54. The van der Waals surface area contributed by atoms with E-state index >= 15 is 0 Å². The van der Waals surface area contributed by atoms with Gasteiger partial charge in [-0.1, -0.05) is 69.2 Å². The topological polar surface area (TPSA) is 92.8 Å². The second kappa shape index (κ2) is 10.4. The average Bonchev–Trinajstić information content (AvgIpc) is 2.34. The Balaban J connectivity index is 0. The fraction of sp³-hybridized carbons (Fsp3) is 0.947. The maximum absolute atomic E-state index is 9.65. The van der Waals surface area contributed by atoms with E-state index in [-0.39, 0.29) is 10.8 Å². The molecule has 4 N–H and O–H groups in total. The molecule has 24 heavy (non-hydrogen) atoms. The molecule has 0 saturated carbocycles. The molecular formula is C19H41NO4. The van der Waals surface area contributed by atoms with Crippen LogP contribution in [0.1, 0.15) is 69.2 Å². The van der Waals surface area contributed by atoms with Crippen LogP contribution in [0.4, 0.5) is 0 Å². The van der Waals surface area contributed by atoms with Crippen molar-refractivity contribution in [3.8, 4) is 0 Å². The van der Waals surface area contributed by atoms with E-state index in [4.69, 9.17) is 20.7 Å². The minimum atomic E-state index is -1.18. The molecule has 0 amide bonds. The van der Waals surface area contributed by atoms with Crippen molar-refractivity contribution in [1.29, 1.82) is 0 Å². The Morgan fingerprint density at radius 3 is 1.29 bits per heavy atom. The Kier molecular flexibility index (Phi) is 11.1. The van der Waals surface area contributed by atoms with Crippen LogP contribution in [0.3, 0.4) is 0 Å². The van der Waals surface area contributed by atoms with Crippen LogP contribution in [0, 0.1) is 22.7 Å². The average molecular weight is 348 g/mol. The molecule has 146 valence electrons. The van der Waals surface area contributed by atoms with Crippen molar-refractivity contribution in [2.45, 2.75) is 87.5 Å². The number of hydrogen-bond acceptors (Lipinski definition) is 4. The summed E-state index contributed by atoms with van der Waals surface area (Å²) in [6.07, 6.45) is 0.628. The number of aliphatic hydroxyl groups excluding tert-OH is 1. The van der Waals surface area contributed by atoms with Crippen LogP contribution in [0.25, 0.3) is 0 Å². The molecule has 2 unspecified atom stereocenters. The van der Waals surface area contributed by atoms with E-state index in [0.717, 1.165) is 0 Å². The van der Waals surface area contributed by atoms with Crippen molar-refractivity contribution in [1.82, 2.24) is 0 Å². The summed E-state index contributed by atoms with van der Waals surface area (Å²) in [5.74, 6) is -0.0697. The van der Waals surface area contributed by atoms with Gasteiger partial charge in [-0.15, -0.1) is 0 Å². The third-order valence-corrected chi connectivity index (χ3v) is 3.73. The Morgan fingerprint density at radius 1 is 0.917 bits per heavy atom. The smallest absolute Gasteiger partial charge is 0.322 e. The van der Waals surface area contributed by atoms with Crippen LogP contribution in [-0.4, -0.2) is 41.0 Å². The molecule has 0 bridgehead atoms. The van der Waals surface area contributed by atoms with E-state index in [9.17, 15) is 4.79 Å². The third kappa shape index (κ3) is 10.3. The van der Waals surface area contributed by atoms with Crippen molar-refractivity contribution in [2.24, 2.45) is 28.4 Å². The lowest BCUT2D eigenvalue weighted by Crippen LogP contribution is -2.43. The Labute approximate surface area is 149 Å². The molecule has 0 aromatic rings. The van der Waals surface area contributed by atoms with Gasteiger partial charge in [0.25, 0.3) is 0 Å². The van der Waals surface area contributed by atoms with Gasteiger partial charge in [-0.3, -0.25) is 4.79 Å². The van der Waals surface area contributed by atoms with Crippen LogP contribution in [0.15, 0.2) is 0 Å². The fourth-order valence-corrected chi connectivity index (χ4v) is 2.96. The molecule has 0 radical (unpaired) electrons.